The highest BCUT2D eigenvalue weighted by Crippen LogP contribution is 2.23. The maximum atomic E-state index is 11.3. The molecule has 0 atom stereocenters. The molecule has 0 bridgehead atoms. The number of hydrogen-bond donors (Lipinski definition) is 0. The monoisotopic (exact) mass is 267 g/mol. The number of benzene rings is 1. The van der Waals surface area contributed by atoms with E-state index >= 15 is 0 Å². The Balaban J connectivity index is 3.45. The first-order chi connectivity index (χ1) is 7.13. The predicted molar refractivity (Wildman–Crippen MR) is 55.6 cm³/mol. The molecule has 0 aliphatic heterocycles. The van der Waals surface area contributed by atoms with Crippen LogP contribution >= 0.6 is 15.9 Å². The van der Waals surface area contributed by atoms with Crippen LogP contribution < -0.4 is 0 Å². The van der Waals surface area contributed by atoms with Crippen molar-refractivity contribution in [3.8, 4) is 6.07 Å². The summed E-state index contributed by atoms with van der Waals surface area (Å²) in [5.74, 6) is -0.595. The number of carbonyl (C=O) groups excluding carboxylic acids is 2. The molecule has 0 spiro atoms. The van der Waals surface area contributed by atoms with Crippen LogP contribution in [0.2, 0.25) is 0 Å². The van der Waals surface area contributed by atoms with Crippen molar-refractivity contribution in [2.75, 3.05) is 7.11 Å². The molecular formula is C10H6BrNO3. The van der Waals surface area contributed by atoms with Gasteiger partial charge in [-0.1, -0.05) is 0 Å². The maximum Gasteiger partial charge on any atom is 0.339 e. The summed E-state index contributed by atoms with van der Waals surface area (Å²) in [7, 11) is 1.23. The second-order valence-electron chi connectivity index (χ2n) is 2.65. The first kappa shape index (κ1) is 11.4. The van der Waals surface area contributed by atoms with Gasteiger partial charge in [-0.05, 0) is 28.1 Å². The third-order valence-corrected chi connectivity index (χ3v) is 2.61. The summed E-state index contributed by atoms with van der Waals surface area (Å²) in [6.45, 7) is 0. The summed E-state index contributed by atoms with van der Waals surface area (Å²) in [5, 5.41) is 8.77. The average molecular weight is 268 g/mol. The Labute approximate surface area is 94.6 Å². The molecule has 0 fully saturated rings. The van der Waals surface area contributed by atoms with Crippen molar-refractivity contribution in [2.45, 2.75) is 0 Å². The van der Waals surface area contributed by atoms with Gasteiger partial charge in [0.05, 0.1) is 18.2 Å². The summed E-state index contributed by atoms with van der Waals surface area (Å²) in [5.41, 5.74) is 0.647. The lowest BCUT2D eigenvalue weighted by molar-refractivity contribution is 0.0599. The Kier molecular flexibility index (Phi) is 3.58. The number of esters is 1. The number of nitrogens with zero attached hydrogens (tertiary/aromatic N) is 1. The number of hydrogen-bond acceptors (Lipinski definition) is 4. The average Bonchev–Trinajstić information content (AvgIpc) is 2.28. The lowest BCUT2D eigenvalue weighted by Crippen LogP contribution is -2.04. The van der Waals surface area contributed by atoms with Crippen LogP contribution in [0.3, 0.4) is 0 Å². The fraction of sp³-hybridized carbons (Fsp3) is 0.100. The second-order valence-corrected chi connectivity index (χ2v) is 3.44. The lowest BCUT2D eigenvalue weighted by Gasteiger charge is -2.04. The molecule has 5 heteroatoms. The van der Waals surface area contributed by atoms with Crippen LogP contribution in [-0.2, 0) is 4.74 Å². The van der Waals surface area contributed by atoms with Gasteiger partial charge in [-0.15, -0.1) is 0 Å². The van der Waals surface area contributed by atoms with Gasteiger partial charge in [-0.2, -0.15) is 5.26 Å². The quantitative estimate of drug-likeness (QED) is 0.607. The van der Waals surface area contributed by atoms with E-state index in [9.17, 15) is 9.59 Å². The number of nitriles is 1. The summed E-state index contributed by atoms with van der Waals surface area (Å²) < 4.78 is 4.86. The topological polar surface area (TPSA) is 67.2 Å². The molecule has 1 aromatic rings. The zero-order valence-corrected chi connectivity index (χ0v) is 9.37. The van der Waals surface area contributed by atoms with Crippen LogP contribution in [0.4, 0.5) is 0 Å². The number of halogens is 1. The van der Waals surface area contributed by atoms with E-state index in [-0.39, 0.29) is 16.7 Å². The van der Waals surface area contributed by atoms with Gasteiger partial charge in [0.15, 0.2) is 0 Å². The predicted octanol–water partition coefficient (Wildman–Crippen LogP) is 1.92. The van der Waals surface area contributed by atoms with E-state index in [1.165, 1.54) is 19.2 Å². The van der Waals surface area contributed by atoms with Gasteiger partial charge in [0.1, 0.15) is 12.4 Å². The molecule has 0 aromatic heterocycles. The smallest absolute Gasteiger partial charge is 0.339 e. The Morgan fingerprint density at radius 1 is 1.60 bits per heavy atom. The molecule has 15 heavy (non-hydrogen) atoms. The number of carbonyl (C=O) groups is 2. The van der Waals surface area contributed by atoms with Crippen LogP contribution in [0.15, 0.2) is 16.6 Å². The Morgan fingerprint density at radius 2 is 2.27 bits per heavy atom. The molecule has 1 rings (SSSR count). The summed E-state index contributed by atoms with van der Waals surface area (Å²) in [6, 6.07) is 4.63. The number of methoxy groups -OCH3 is 1. The number of rotatable bonds is 2. The van der Waals surface area contributed by atoms with Gasteiger partial charge in [0.2, 0.25) is 0 Å². The number of aldehydes is 1. The van der Waals surface area contributed by atoms with Gasteiger partial charge < -0.3 is 4.74 Å². The van der Waals surface area contributed by atoms with Crippen molar-refractivity contribution in [2.24, 2.45) is 0 Å². The minimum atomic E-state index is -0.595. The van der Waals surface area contributed by atoms with Crippen molar-refractivity contribution in [1.82, 2.24) is 0 Å². The number of ether oxygens (including phenoxy) is 1. The third kappa shape index (κ3) is 2.22. The molecule has 0 N–H and O–H groups in total. The van der Waals surface area contributed by atoms with Gasteiger partial charge in [0, 0.05) is 10.0 Å². The van der Waals surface area contributed by atoms with Crippen molar-refractivity contribution < 1.29 is 14.3 Å². The van der Waals surface area contributed by atoms with E-state index in [1.54, 1.807) is 0 Å². The standard InChI is InChI=1S/C10H6BrNO3/c1-15-10(14)8-3-6(5-13)2-7(4-12)9(8)11/h2-3,5H,1H3. The molecule has 0 unspecified atom stereocenters. The summed E-state index contributed by atoms with van der Waals surface area (Å²) in [4.78, 5) is 21.9. The van der Waals surface area contributed by atoms with Crippen molar-refractivity contribution >= 4 is 28.2 Å². The van der Waals surface area contributed by atoms with Crippen LogP contribution in [0, 0.1) is 11.3 Å². The van der Waals surface area contributed by atoms with E-state index in [4.69, 9.17) is 5.26 Å². The normalized spacial score (nSPS) is 9.13. The molecule has 0 aliphatic rings. The van der Waals surface area contributed by atoms with E-state index in [2.05, 4.69) is 20.7 Å². The van der Waals surface area contributed by atoms with Gasteiger partial charge in [0.25, 0.3) is 0 Å². The molecule has 0 radical (unpaired) electrons. The molecule has 0 saturated carbocycles. The van der Waals surface area contributed by atoms with Crippen LogP contribution in [0.25, 0.3) is 0 Å². The summed E-state index contributed by atoms with van der Waals surface area (Å²) >= 11 is 3.11. The van der Waals surface area contributed by atoms with Crippen molar-refractivity contribution in [1.29, 1.82) is 5.26 Å². The maximum absolute atomic E-state index is 11.3. The highest BCUT2D eigenvalue weighted by molar-refractivity contribution is 9.10. The first-order valence-electron chi connectivity index (χ1n) is 3.91. The SMILES string of the molecule is COC(=O)c1cc(C=O)cc(C#N)c1Br. The van der Waals surface area contributed by atoms with Crippen molar-refractivity contribution in [3.05, 3.63) is 33.3 Å². The largest absolute Gasteiger partial charge is 0.465 e. The lowest BCUT2D eigenvalue weighted by atomic mass is 10.1. The van der Waals surface area contributed by atoms with E-state index in [0.717, 1.165) is 0 Å². The zero-order valence-electron chi connectivity index (χ0n) is 7.78. The molecule has 0 saturated heterocycles. The Bertz CT molecular complexity index is 462. The fourth-order valence-corrected chi connectivity index (χ4v) is 1.53. The van der Waals surface area contributed by atoms with Gasteiger partial charge in [-0.25, -0.2) is 4.79 Å². The third-order valence-electron chi connectivity index (χ3n) is 1.76. The van der Waals surface area contributed by atoms with Crippen LogP contribution in [0.5, 0.6) is 0 Å². The second kappa shape index (κ2) is 4.71. The van der Waals surface area contributed by atoms with Crippen LogP contribution in [-0.4, -0.2) is 19.4 Å². The fourth-order valence-electron chi connectivity index (χ4n) is 1.05. The van der Waals surface area contributed by atoms with Gasteiger partial charge in [-0.3, -0.25) is 4.79 Å². The van der Waals surface area contributed by atoms with Crippen LogP contribution in [0.1, 0.15) is 26.3 Å². The van der Waals surface area contributed by atoms with E-state index in [1.807, 2.05) is 6.07 Å². The first-order valence-corrected chi connectivity index (χ1v) is 4.70. The van der Waals surface area contributed by atoms with Crippen molar-refractivity contribution in [3.63, 3.8) is 0 Å². The molecular weight excluding hydrogens is 262 g/mol. The van der Waals surface area contributed by atoms with E-state index < -0.39 is 5.97 Å². The Hall–Kier alpha value is -1.67. The summed E-state index contributed by atoms with van der Waals surface area (Å²) in [6.07, 6.45) is 0.569. The van der Waals surface area contributed by atoms with E-state index in [0.29, 0.717) is 10.8 Å². The molecule has 0 amide bonds. The zero-order chi connectivity index (χ0) is 11.4. The van der Waals surface area contributed by atoms with Gasteiger partial charge >= 0.3 is 5.97 Å². The highest BCUT2D eigenvalue weighted by Gasteiger charge is 2.15. The minimum Gasteiger partial charge on any atom is -0.465 e. The molecule has 1 aromatic carbocycles. The molecule has 4 nitrogen and oxygen atoms in total. The molecule has 0 heterocycles. The molecule has 76 valence electrons. The molecule has 0 aliphatic carbocycles. The minimum absolute atomic E-state index is 0.165. The highest BCUT2D eigenvalue weighted by atomic mass is 79.9. The Morgan fingerprint density at radius 3 is 2.73 bits per heavy atom.